The molecule has 1 N–H and O–H groups in total. The summed E-state index contributed by atoms with van der Waals surface area (Å²) < 4.78 is 1.40. The molecule has 1 heterocycles. The topological polar surface area (TPSA) is 37.8 Å². The molecule has 0 aliphatic carbocycles. The van der Waals surface area contributed by atoms with E-state index < -0.39 is 0 Å². The predicted octanol–water partition coefficient (Wildman–Crippen LogP) is -0.287. The zero-order valence-electron chi connectivity index (χ0n) is 4.01. The molecule has 0 aromatic carbocycles. The maximum atomic E-state index is 10.4. The van der Waals surface area contributed by atoms with Crippen molar-refractivity contribution in [3.63, 3.8) is 0 Å². The van der Waals surface area contributed by atoms with Crippen LogP contribution in [0.5, 0.6) is 0 Å². The summed E-state index contributed by atoms with van der Waals surface area (Å²) in [4.78, 5) is 10.4. The highest BCUT2D eigenvalue weighted by Gasteiger charge is 1.80. The Morgan fingerprint density at radius 1 is 1.86 bits per heavy atom. The average molecular weight is 98.1 g/mol. The molecule has 0 saturated heterocycles. The van der Waals surface area contributed by atoms with Crippen LogP contribution in [0.15, 0.2) is 17.1 Å². The third-order valence-electron chi connectivity index (χ3n) is 0.825. The lowest BCUT2D eigenvalue weighted by molar-refractivity contribution is 0.740. The van der Waals surface area contributed by atoms with Crippen LogP contribution in [0.4, 0.5) is 0 Å². The maximum Gasteiger partial charge on any atom is 0.266 e. The molecule has 0 spiro atoms. The van der Waals surface area contributed by atoms with Crippen LogP contribution in [-0.2, 0) is 7.05 Å². The smallest absolute Gasteiger partial charge is 0.266 e. The molecule has 0 atom stereocenters. The Bertz CT molecular complexity index is 197. The summed E-state index contributed by atoms with van der Waals surface area (Å²) in [5.41, 5.74) is 0.000000000000000222. The highest BCUT2D eigenvalue weighted by molar-refractivity contribution is 4.78. The fourth-order valence-electron chi connectivity index (χ4n) is 0.396. The maximum absolute atomic E-state index is 10.4. The van der Waals surface area contributed by atoms with Gasteiger partial charge in [-0.3, -0.25) is 9.48 Å². The van der Waals surface area contributed by atoms with Crippen molar-refractivity contribution in [3.05, 3.63) is 22.6 Å². The van der Waals surface area contributed by atoms with Gasteiger partial charge in [-0.25, -0.2) is 0 Å². The van der Waals surface area contributed by atoms with Crippen molar-refractivity contribution in [1.82, 2.24) is 9.78 Å². The third kappa shape index (κ3) is 0.559. The summed E-state index contributed by atoms with van der Waals surface area (Å²) in [5.74, 6) is 0. The van der Waals surface area contributed by atoms with Crippen molar-refractivity contribution in [1.29, 1.82) is 0 Å². The summed E-state index contributed by atoms with van der Waals surface area (Å²) in [6.07, 6.45) is 1.60. The molecule has 3 heteroatoms. The second-order valence-electron chi connectivity index (χ2n) is 1.36. The summed E-state index contributed by atoms with van der Waals surface area (Å²) in [7, 11) is 1.67. The van der Waals surface area contributed by atoms with Crippen LogP contribution in [0.1, 0.15) is 0 Å². The minimum absolute atomic E-state index is 0.000000000000000222. The van der Waals surface area contributed by atoms with Gasteiger partial charge in [0.2, 0.25) is 0 Å². The molecule has 1 aromatic rings. The minimum Gasteiger partial charge on any atom is -0.303 e. The van der Waals surface area contributed by atoms with Crippen molar-refractivity contribution >= 4 is 0 Å². The summed E-state index contributed by atoms with van der Waals surface area (Å²) in [6.45, 7) is 0. The van der Waals surface area contributed by atoms with Gasteiger partial charge in [-0.2, -0.15) is 0 Å². The van der Waals surface area contributed by atoms with Crippen LogP contribution in [0.25, 0.3) is 0 Å². The molecular formula is C4H6N2O. The molecule has 1 aromatic heterocycles. The molecule has 7 heavy (non-hydrogen) atoms. The number of aromatic amines is 1. The van der Waals surface area contributed by atoms with Gasteiger partial charge in [0.05, 0.1) is 0 Å². The van der Waals surface area contributed by atoms with Gasteiger partial charge in [0.25, 0.3) is 5.56 Å². The first-order valence-corrected chi connectivity index (χ1v) is 2.01. The van der Waals surface area contributed by atoms with Gasteiger partial charge in [-0.15, -0.1) is 0 Å². The van der Waals surface area contributed by atoms with Gasteiger partial charge in [-0.1, -0.05) is 0 Å². The Hall–Kier alpha value is -0.990. The van der Waals surface area contributed by atoms with Crippen LogP contribution in [0, 0.1) is 0 Å². The number of nitrogens with one attached hydrogen (secondary N) is 1. The Morgan fingerprint density at radius 2 is 2.57 bits per heavy atom. The van der Waals surface area contributed by atoms with Crippen LogP contribution in [-0.4, -0.2) is 9.78 Å². The molecule has 0 aliphatic heterocycles. The predicted molar refractivity (Wildman–Crippen MR) is 26.0 cm³/mol. The Morgan fingerprint density at radius 3 is 2.71 bits per heavy atom. The lowest BCUT2D eigenvalue weighted by Gasteiger charge is -1.79. The number of hydrogen-bond acceptors (Lipinski definition) is 1. The lowest BCUT2D eigenvalue weighted by atomic mass is 10.7. The number of nitrogens with zero attached hydrogens (tertiary/aromatic N) is 1. The summed E-state index contributed by atoms with van der Waals surface area (Å²) in [5, 5.41) is 2.67. The van der Waals surface area contributed by atoms with Crippen molar-refractivity contribution in [3.8, 4) is 0 Å². The molecule has 0 fully saturated rings. The largest absolute Gasteiger partial charge is 0.303 e. The summed E-state index contributed by atoms with van der Waals surface area (Å²) in [6, 6.07) is 1.47. The molecule has 0 saturated carbocycles. The lowest BCUT2D eigenvalue weighted by Crippen LogP contribution is -2.09. The highest BCUT2D eigenvalue weighted by atomic mass is 16.1. The number of H-pyrrole nitrogens is 1. The highest BCUT2D eigenvalue weighted by Crippen LogP contribution is 1.62. The van der Waals surface area contributed by atoms with Crippen molar-refractivity contribution < 1.29 is 0 Å². The van der Waals surface area contributed by atoms with E-state index in [4.69, 9.17) is 0 Å². The zero-order valence-corrected chi connectivity index (χ0v) is 4.01. The molecule has 38 valence electrons. The van der Waals surface area contributed by atoms with Crippen LogP contribution in [0.3, 0.4) is 0 Å². The molecule has 0 bridgehead atoms. The first-order chi connectivity index (χ1) is 3.30. The summed E-state index contributed by atoms with van der Waals surface area (Å²) >= 11 is 0. The van der Waals surface area contributed by atoms with Crippen LogP contribution < -0.4 is 5.56 Å². The standard InChI is InChI=1S/C4H6N2O/c1-6-4(7)2-3-5-6/h2-3,5H,1H3. The van der Waals surface area contributed by atoms with Crippen molar-refractivity contribution in [2.45, 2.75) is 0 Å². The van der Waals surface area contributed by atoms with Crippen molar-refractivity contribution in [2.75, 3.05) is 0 Å². The number of aryl methyl sites for hydroxylation is 1. The quantitative estimate of drug-likeness (QED) is 0.476. The van der Waals surface area contributed by atoms with Gasteiger partial charge < -0.3 is 5.10 Å². The van der Waals surface area contributed by atoms with E-state index in [0.29, 0.717) is 0 Å². The van der Waals surface area contributed by atoms with Gasteiger partial charge in [-0.05, 0) is 0 Å². The Balaban J connectivity index is 3.39. The second kappa shape index (κ2) is 1.26. The molecule has 0 aliphatic rings. The average Bonchev–Trinajstić information content (AvgIpc) is 1.91. The zero-order chi connectivity index (χ0) is 5.28. The van der Waals surface area contributed by atoms with Crippen LogP contribution in [0.2, 0.25) is 0 Å². The van der Waals surface area contributed by atoms with Gasteiger partial charge in [0.15, 0.2) is 0 Å². The molecule has 0 amide bonds. The Labute approximate surface area is 40.6 Å². The SMILES string of the molecule is Cn1[nH]ccc1=O. The minimum atomic E-state index is 0.000000000000000222. The molecule has 0 unspecified atom stereocenters. The van der Waals surface area contributed by atoms with E-state index >= 15 is 0 Å². The monoisotopic (exact) mass is 98.0 g/mol. The van der Waals surface area contributed by atoms with E-state index in [2.05, 4.69) is 5.10 Å². The van der Waals surface area contributed by atoms with E-state index in [1.807, 2.05) is 0 Å². The third-order valence-corrected chi connectivity index (χ3v) is 0.825. The van der Waals surface area contributed by atoms with Gasteiger partial charge >= 0.3 is 0 Å². The first kappa shape index (κ1) is 4.18. The fraction of sp³-hybridized carbons (Fsp3) is 0.250. The van der Waals surface area contributed by atoms with E-state index in [9.17, 15) is 4.79 Å². The molecule has 3 nitrogen and oxygen atoms in total. The number of hydrogen-bond donors (Lipinski definition) is 1. The van der Waals surface area contributed by atoms with Crippen LogP contribution >= 0.6 is 0 Å². The number of aromatic nitrogens is 2. The van der Waals surface area contributed by atoms with Crippen molar-refractivity contribution in [2.24, 2.45) is 7.05 Å². The fourth-order valence-corrected chi connectivity index (χ4v) is 0.396. The molecular weight excluding hydrogens is 92.1 g/mol. The van der Waals surface area contributed by atoms with E-state index in [0.717, 1.165) is 0 Å². The van der Waals surface area contributed by atoms with E-state index in [1.54, 1.807) is 13.2 Å². The second-order valence-corrected chi connectivity index (χ2v) is 1.36. The molecule has 0 radical (unpaired) electrons. The van der Waals surface area contributed by atoms with Gasteiger partial charge in [0, 0.05) is 19.3 Å². The first-order valence-electron chi connectivity index (χ1n) is 2.01. The number of rotatable bonds is 0. The Kier molecular flexibility index (Phi) is 0.749. The molecule has 1 rings (SSSR count). The van der Waals surface area contributed by atoms with Gasteiger partial charge in [0.1, 0.15) is 0 Å². The normalized spacial score (nSPS) is 9.29. The van der Waals surface area contributed by atoms with E-state index in [1.165, 1.54) is 10.7 Å². The van der Waals surface area contributed by atoms with E-state index in [-0.39, 0.29) is 5.56 Å².